The number of hydrogen-bond acceptors (Lipinski definition) is 2. The van der Waals surface area contributed by atoms with Crippen molar-refractivity contribution in [2.75, 3.05) is 0 Å². The Labute approximate surface area is 96.6 Å². The minimum Gasteiger partial charge on any atom is -0.461 e. The van der Waals surface area contributed by atoms with Crippen molar-refractivity contribution in [3.05, 3.63) is 35.9 Å². The number of rotatable bonds is 2. The molecule has 1 fully saturated rings. The van der Waals surface area contributed by atoms with E-state index in [2.05, 4.69) is 32.9 Å². The smallest absolute Gasteiger partial charge is 0.313 e. The maximum Gasteiger partial charge on any atom is 0.313 e. The van der Waals surface area contributed by atoms with Crippen molar-refractivity contribution in [1.82, 2.24) is 0 Å². The second-order valence-corrected chi connectivity index (χ2v) is 5.51. The molecule has 0 unspecified atom stereocenters. The first-order valence-electron chi connectivity index (χ1n) is 5.73. The zero-order valence-corrected chi connectivity index (χ0v) is 10.1. The Morgan fingerprint density at radius 2 is 1.81 bits per heavy atom. The highest BCUT2D eigenvalue weighted by molar-refractivity contribution is 5.79. The Bertz CT molecular complexity index is 375. The lowest BCUT2D eigenvalue weighted by Gasteiger charge is -2.43. The third kappa shape index (κ3) is 2.11. The summed E-state index contributed by atoms with van der Waals surface area (Å²) < 4.78 is 5.24. The van der Waals surface area contributed by atoms with Gasteiger partial charge in [0.25, 0.3) is 0 Å². The van der Waals surface area contributed by atoms with E-state index in [1.165, 1.54) is 5.56 Å². The highest BCUT2D eigenvalue weighted by Crippen LogP contribution is 2.39. The molecule has 1 saturated heterocycles. The normalized spacial score (nSPS) is 24.8. The minimum atomic E-state index is -0.0477. The van der Waals surface area contributed by atoms with Gasteiger partial charge in [0.1, 0.15) is 6.10 Å². The summed E-state index contributed by atoms with van der Waals surface area (Å²) in [5, 5.41) is 0. The largest absolute Gasteiger partial charge is 0.461 e. The second-order valence-electron chi connectivity index (χ2n) is 5.51. The maximum atomic E-state index is 11.5. The van der Waals surface area contributed by atoms with Crippen molar-refractivity contribution < 1.29 is 9.53 Å². The first kappa shape index (κ1) is 11.2. The lowest BCUT2D eigenvalue weighted by atomic mass is 9.73. The fourth-order valence-corrected chi connectivity index (χ4v) is 2.29. The molecule has 0 amide bonds. The Balaban J connectivity index is 2.05. The molecular formula is C14H18O2. The van der Waals surface area contributed by atoms with Gasteiger partial charge in [-0.25, -0.2) is 0 Å². The average molecular weight is 218 g/mol. The molecular weight excluding hydrogens is 200 g/mol. The third-order valence-corrected chi connectivity index (χ3v) is 3.11. The van der Waals surface area contributed by atoms with Crippen LogP contribution in [0.2, 0.25) is 0 Å². The minimum absolute atomic E-state index is 0.00518. The van der Waals surface area contributed by atoms with E-state index in [0.29, 0.717) is 0 Å². The summed E-state index contributed by atoms with van der Waals surface area (Å²) in [5.74, 6) is -0.0128. The van der Waals surface area contributed by atoms with Gasteiger partial charge in [-0.05, 0) is 11.0 Å². The molecule has 0 radical (unpaired) electrons. The quantitative estimate of drug-likeness (QED) is 0.713. The van der Waals surface area contributed by atoms with Gasteiger partial charge in [0, 0.05) is 6.42 Å². The molecule has 0 saturated carbocycles. The van der Waals surface area contributed by atoms with Gasteiger partial charge in [0.2, 0.25) is 0 Å². The van der Waals surface area contributed by atoms with E-state index in [-0.39, 0.29) is 23.4 Å². The van der Waals surface area contributed by atoms with E-state index < -0.39 is 0 Å². The number of ether oxygens (including phenoxy) is 1. The van der Waals surface area contributed by atoms with Crippen LogP contribution in [-0.2, 0) is 16.0 Å². The molecule has 1 aromatic carbocycles. The van der Waals surface area contributed by atoms with Crippen molar-refractivity contribution in [2.24, 2.45) is 11.3 Å². The molecule has 1 heterocycles. The van der Waals surface area contributed by atoms with Gasteiger partial charge in [-0.3, -0.25) is 4.79 Å². The van der Waals surface area contributed by atoms with Gasteiger partial charge in [-0.1, -0.05) is 51.1 Å². The number of hydrogen-bond donors (Lipinski definition) is 0. The molecule has 0 aliphatic carbocycles. The first-order chi connectivity index (χ1) is 7.48. The molecule has 2 nitrogen and oxygen atoms in total. The van der Waals surface area contributed by atoms with Crippen LogP contribution in [0.15, 0.2) is 30.3 Å². The lowest BCUT2D eigenvalue weighted by molar-refractivity contribution is -0.195. The van der Waals surface area contributed by atoms with Crippen LogP contribution in [0.25, 0.3) is 0 Å². The van der Waals surface area contributed by atoms with Gasteiger partial charge in [-0.2, -0.15) is 0 Å². The Morgan fingerprint density at radius 3 is 2.31 bits per heavy atom. The Hall–Kier alpha value is -1.31. The van der Waals surface area contributed by atoms with E-state index in [9.17, 15) is 4.79 Å². The molecule has 1 aromatic rings. The van der Waals surface area contributed by atoms with E-state index in [1.54, 1.807) is 0 Å². The van der Waals surface area contributed by atoms with Crippen LogP contribution in [0, 0.1) is 11.3 Å². The number of carbonyl (C=O) groups is 1. The number of cyclic esters (lactones) is 1. The molecule has 1 aliphatic rings. The summed E-state index contributed by atoms with van der Waals surface area (Å²) >= 11 is 0. The van der Waals surface area contributed by atoms with Gasteiger partial charge >= 0.3 is 5.97 Å². The summed E-state index contributed by atoms with van der Waals surface area (Å²) in [5.41, 5.74) is 1.23. The molecule has 2 heteroatoms. The van der Waals surface area contributed by atoms with Crippen LogP contribution in [0.4, 0.5) is 0 Å². The van der Waals surface area contributed by atoms with Gasteiger partial charge in [0.15, 0.2) is 0 Å². The highest BCUT2D eigenvalue weighted by Gasteiger charge is 2.49. The van der Waals surface area contributed by atoms with Gasteiger partial charge < -0.3 is 4.74 Å². The summed E-state index contributed by atoms with van der Waals surface area (Å²) in [7, 11) is 0. The predicted molar refractivity (Wildman–Crippen MR) is 63.0 cm³/mol. The van der Waals surface area contributed by atoms with E-state index in [4.69, 9.17) is 4.74 Å². The maximum absolute atomic E-state index is 11.5. The standard InChI is InChI=1S/C14H18O2/c1-14(2,3)12-11(16-13(12)15)9-10-7-5-4-6-8-10/h4-8,11-12H,9H2,1-3H3/t11-,12+/m1/s1. The second kappa shape index (κ2) is 3.93. The molecule has 2 rings (SSSR count). The van der Waals surface area contributed by atoms with Crippen molar-refractivity contribution in [3.63, 3.8) is 0 Å². The van der Waals surface area contributed by atoms with E-state index in [1.807, 2.05) is 18.2 Å². The highest BCUT2D eigenvalue weighted by atomic mass is 16.6. The fraction of sp³-hybridized carbons (Fsp3) is 0.500. The zero-order valence-electron chi connectivity index (χ0n) is 10.1. The Kier molecular flexibility index (Phi) is 2.75. The van der Waals surface area contributed by atoms with Crippen LogP contribution < -0.4 is 0 Å². The van der Waals surface area contributed by atoms with Crippen molar-refractivity contribution in [3.8, 4) is 0 Å². The summed E-state index contributed by atoms with van der Waals surface area (Å²) in [6, 6.07) is 10.2. The lowest BCUT2D eigenvalue weighted by Crippen LogP contribution is -2.52. The predicted octanol–water partition coefficient (Wildman–Crippen LogP) is 2.82. The fourth-order valence-electron chi connectivity index (χ4n) is 2.29. The molecule has 16 heavy (non-hydrogen) atoms. The van der Waals surface area contributed by atoms with Crippen molar-refractivity contribution >= 4 is 5.97 Å². The molecule has 2 atom stereocenters. The van der Waals surface area contributed by atoms with E-state index >= 15 is 0 Å². The summed E-state index contributed by atoms with van der Waals surface area (Å²) in [6.07, 6.45) is 0.879. The SMILES string of the molecule is CC(C)(C)[C@@H]1C(=O)O[C@@H]1Cc1ccccc1. The molecule has 0 aromatic heterocycles. The average Bonchev–Trinajstić information content (AvgIpc) is 2.15. The van der Waals surface area contributed by atoms with Crippen LogP contribution in [0.5, 0.6) is 0 Å². The topological polar surface area (TPSA) is 26.3 Å². The monoisotopic (exact) mass is 218 g/mol. The van der Waals surface area contributed by atoms with Crippen LogP contribution >= 0.6 is 0 Å². The van der Waals surface area contributed by atoms with E-state index in [0.717, 1.165) is 6.42 Å². The molecule has 1 aliphatic heterocycles. The van der Waals surface area contributed by atoms with Crippen LogP contribution in [0.1, 0.15) is 26.3 Å². The Morgan fingerprint density at radius 1 is 1.19 bits per heavy atom. The summed E-state index contributed by atoms with van der Waals surface area (Å²) in [6.45, 7) is 6.28. The number of esters is 1. The first-order valence-corrected chi connectivity index (χ1v) is 5.73. The number of benzene rings is 1. The summed E-state index contributed by atoms with van der Waals surface area (Å²) in [4.78, 5) is 11.5. The van der Waals surface area contributed by atoms with Gasteiger partial charge in [-0.15, -0.1) is 0 Å². The van der Waals surface area contributed by atoms with Crippen molar-refractivity contribution in [1.29, 1.82) is 0 Å². The van der Waals surface area contributed by atoms with Gasteiger partial charge in [0.05, 0.1) is 5.92 Å². The molecule has 0 spiro atoms. The molecule has 0 N–H and O–H groups in total. The zero-order chi connectivity index (χ0) is 11.8. The molecule has 0 bridgehead atoms. The van der Waals surface area contributed by atoms with Crippen molar-refractivity contribution in [2.45, 2.75) is 33.3 Å². The van der Waals surface area contributed by atoms with Crippen LogP contribution in [-0.4, -0.2) is 12.1 Å². The third-order valence-electron chi connectivity index (χ3n) is 3.11. The number of carbonyl (C=O) groups excluding carboxylic acids is 1. The van der Waals surface area contributed by atoms with Crippen LogP contribution in [0.3, 0.4) is 0 Å². The molecule has 86 valence electrons.